The fourth-order valence-corrected chi connectivity index (χ4v) is 4.13. The Labute approximate surface area is 171 Å². The van der Waals surface area contributed by atoms with Gasteiger partial charge in [0, 0.05) is 25.0 Å². The van der Waals surface area contributed by atoms with Crippen LogP contribution in [-0.2, 0) is 4.79 Å². The molecule has 2 heterocycles. The molecule has 1 aliphatic heterocycles. The third kappa shape index (κ3) is 4.46. The van der Waals surface area contributed by atoms with E-state index in [0.717, 1.165) is 43.1 Å². The van der Waals surface area contributed by atoms with Crippen LogP contribution in [0.1, 0.15) is 62.0 Å². The van der Waals surface area contributed by atoms with E-state index in [9.17, 15) is 4.79 Å². The highest BCUT2D eigenvalue weighted by Gasteiger charge is 2.27. The molecular formula is C21H30N4O2S. The first-order valence-electron chi connectivity index (χ1n) is 10.0. The molecule has 1 aromatic heterocycles. The molecule has 0 spiro atoms. The van der Waals surface area contributed by atoms with E-state index >= 15 is 0 Å². The number of nitrogens with one attached hydrogen (secondary N) is 1. The summed E-state index contributed by atoms with van der Waals surface area (Å²) in [5, 5.41) is 7.37. The maximum Gasteiger partial charge on any atom is 0.225 e. The van der Waals surface area contributed by atoms with Crippen LogP contribution in [0.3, 0.4) is 0 Å². The third-order valence-electron chi connectivity index (χ3n) is 5.59. The lowest BCUT2D eigenvalue weighted by Gasteiger charge is -2.32. The van der Waals surface area contributed by atoms with Gasteiger partial charge in [-0.05, 0) is 69.9 Å². The van der Waals surface area contributed by atoms with Gasteiger partial charge in [0.2, 0.25) is 5.91 Å². The number of rotatable bonds is 6. The van der Waals surface area contributed by atoms with Crippen molar-refractivity contribution in [3.63, 3.8) is 0 Å². The van der Waals surface area contributed by atoms with Gasteiger partial charge in [-0.25, -0.2) is 0 Å². The summed E-state index contributed by atoms with van der Waals surface area (Å²) in [6, 6.07) is 6.29. The van der Waals surface area contributed by atoms with Crippen molar-refractivity contribution >= 4 is 18.1 Å². The first-order chi connectivity index (χ1) is 13.4. The predicted molar refractivity (Wildman–Crippen MR) is 112 cm³/mol. The zero-order valence-electron chi connectivity index (χ0n) is 17.2. The Morgan fingerprint density at radius 2 is 2.04 bits per heavy atom. The number of ether oxygens (including phenoxy) is 1. The summed E-state index contributed by atoms with van der Waals surface area (Å²) in [6.07, 6.45) is 2.23. The molecule has 0 atom stereocenters. The van der Waals surface area contributed by atoms with Crippen LogP contribution in [0.2, 0.25) is 0 Å². The van der Waals surface area contributed by atoms with Gasteiger partial charge >= 0.3 is 0 Å². The summed E-state index contributed by atoms with van der Waals surface area (Å²) >= 11 is 5.35. The maximum atomic E-state index is 12.6. The minimum absolute atomic E-state index is 0.159. The number of nitrogens with zero attached hydrogens (tertiary/aromatic N) is 3. The summed E-state index contributed by atoms with van der Waals surface area (Å²) in [6.45, 7) is 10.3. The summed E-state index contributed by atoms with van der Waals surface area (Å²) in [5.74, 6) is 2.38. The van der Waals surface area contributed by atoms with Crippen LogP contribution in [0.5, 0.6) is 5.75 Å². The molecule has 152 valence electrons. The van der Waals surface area contributed by atoms with Crippen LogP contribution < -0.4 is 4.74 Å². The lowest BCUT2D eigenvalue weighted by molar-refractivity contribution is -0.132. The molecule has 2 aromatic rings. The Kier molecular flexibility index (Phi) is 6.54. The zero-order chi connectivity index (χ0) is 20.3. The van der Waals surface area contributed by atoms with Gasteiger partial charge < -0.3 is 14.2 Å². The molecule has 1 aliphatic rings. The quantitative estimate of drug-likeness (QED) is 0.731. The minimum Gasteiger partial charge on any atom is -0.493 e. The highest BCUT2D eigenvalue weighted by molar-refractivity contribution is 7.71. The van der Waals surface area contributed by atoms with Gasteiger partial charge in [0.25, 0.3) is 0 Å². The number of hydrogen-bond donors (Lipinski definition) is 1. The fraction of sp³-hybridized carbons (Fsp3) is 0.571. The Morgan fingerprint density at radius 1 is 1.32 bits per heavy atom. The van der Waals surface area contributed by atoms with Crippen LogP contribution in [0, 0.1) is 18.6 Å². The summed E-state index contributed by atoms with van der Waals surface area (Å²) in [5.41, 5.74) is 2.33. The Balaban J connectivity index is 1.50. The number of likely N-dealkylation sites (tertiary alicyclic amines) is 1. The smallest absolute Gasteiger partial charge is 0.225 e. The number of carbonyl (C=O) groups is 1. The molecule has 0 unspecified atom stereocenters. The molecule has 0 bridgehead atoms. The van der Waals surface area contributed by atoms with Crippen LogP contribution in [0.15, 0.2) is 18.2 Å². The topological polar surface area (TPSA) is 63.1 Å². The molecule has 1 aromatic carbocycles. The first kappa shape index (κ1) is 20.6. The van der Waals surface area contributed by atoms with Gasteiger partial charge in [0.05, 0.1) is 13.0 Å². The van der Waals surface area contributed by atoms with Crippen molar-refractivity contribution in [3.8, 4) is 5.75 Å². The number of H-pyrrole nitrogens is 1. The molecule has 28 heavy (non-hydrogen) atoms. The average molecular weight is 403 g/mol. The molecule has 0 radical (unpaired) electrons. The summed E-state index contributed by atoms with van der Waals surface area (Å²) < 4.78 is 8.60. The molecule has 1 saturated heterocycles. The van der Waals surface area contributed by atoms with Gasteiger partial charge in [0.15, 0.2) is 4.77 Å². The van der Waals surface area contributed by atoms with Gasteiger partial charge in [-0.2, -0.15) is 5.10 Å². The lowest BCUT2D eigenvalue weighted by atomic mass is 9.95. The standard InChI is InChI=1S/C21H30N4O2S/c1-14(2)25-20(22-23-21(25)28)17-8-11-24(12-9-17)19(26)10-13-27-18-7-5-6-15(3)16(18)4/h5-7,14,17H,8-13H2,1-4H3,(H,23,28). The Bertz CT molecular complexity index is 879. The van der Waals surface area contributed by atoms with Crippen LogP contribution in [-0.4, -0.2) is 45.3 Å². The highest BCUT2D eigenvalue weighted by atomic mass is 32.1. The van der Waals surface area contributed by atoms with E-state index in [1.165, 1.54) is 5.56 Å². The number of piperidine rings is 1. The van der Waals surface area contributed by atoms with E-state index in [4.69, 9.17) is 17.0 Å². The molecular weight excluding hydrogens is 372 g/mol. The predicted octanol–water partition coefficient (Wildman–Crippen LogP) is 4.31. The van der Waals surface area contributed by atoms with Crippen LogP contribution >= 0.6 is 12.2 Å². The molecule has 7 heteroatoms. The van der Waals surface area contributed by atoms with Crippen molar-refractivity contribution < 1.29 is 9.53 Å². The average Bonchev–Trinajstić information content (AvgIpc) is 3.07. The van der Waals surface area contributed by atoms with E-state index in [0.29, 0.717) is 23.7 Å². The maximum absolute atomic E-state index is 12.6. The third-order valence-corrected chi connectivity index (χ3v) is 5.88. The van der Waals surface area contributed by atoms with Crippen molar-refractivity contribution in [2.24, 2.45) is 0 Å². The van der Waals surface area contributed by atoms with E-state index in [2.05, 4.69) is 41.6 Å². The van der Waals surface area contributed by atoms with Crippen molar-refractivity contribution in [1.82, 2.24) is 19.7 Å². The summed E-state index contributed by atoms with van der Waals surface area (Å²) in [4.78, 5) is 14.5. The molecule has 0 aliphatic carbocycles. The van der Waals surface area contributed by atoms with Gasteiger partial charge in [-0.1, -0.05) is 12.1 Å². The van der Waals surface area contributed by atoms with E-state index in [1.807, 2.05) is 24.0 Å². The van der Waals surface area contributed by atoms with Crippen molar-refractivity contribution in [3.05, 3.63) is 39.9 Å². The molecule has 1 amide bonds. The van der Waals surface area contributed by atoms with Gasteiger partial charge in [0.1, 0.15) is 11.6 Å². The number of amides is 1. The van der Waals surface area contributed by atoms with Crippen molar-refractivity contribution in [1.29, 1.82) is 0 Å². The van der Waals surface area contributed by atoms with E-state index in [1.54, 1.807) is 0 Å². The molecule has 3 rings (SSSR count). The number of carbonyl (C=O) groups excluding carboxylic acids is 1. The largest absolute Gasteiger partial charge is 0.493 e. The SMILES string of the molecule is Cc1cccc(OCCC(=O)N2CCC(c3n[nH]c(=S)n3C(C)C)CC2)c1C. The zero-order valence-corrected chi connectivity index (χ0v) is 18.0. The van der Waals surface area contributed by atoms with Crippen molar-refractivity contribution in [2.45, 2.75) is 58.9 Å². The second-order valence-corrected chi connectivity index (χ2v) is 8.19. The van der Waals surface area contributed by atoms with E-state index < -0.39 is 0 Å². The molecule has 0 saturated carbocycles. The summed E-state index contributed by atoms with van der Waals surface area (Å²) in [7, 11) is 0. The first-order valence-corrected chi connectivity index (χ1v) is 10.4. The highest BCUT2D eigenvalue weighted by Crippen LogP contribution is 2.28. The van der Waals surface area contributed by atoms with Crippen molar-refractivity contribution in [2.75, 3.05) is 19.7 Å². The number of aromatic nitrogens is 3. The van der Waals surface area contributed by atoms with Gasteiger partial charge in [-0.3, -0.25) is 9.89 Å². The Hall–Kier alpha value is -2.15. The lowest BCUT2D eigenvalue weighted by Crippen LogP contribution is -2.39. The second-order valence-electron chi connectivity index (χ2n) is 7.80. The van der Waals surface area contributed by atoms with E-state index in [-0.39, 0.29) is 11.9 Å². The number of benzene rings is 1. The molecule has 6 nitrogen and oxygen atoms in total. The number of aryl methyl sites for hydroxylation is 1. The number of hydrogen-bond acceptors (Lipinski definition) is 4. The normalized spacial score (nSPS) is 15.2. The Morgan fingerprint density at radius 3 is 2.71 bits per heavy atom. The molecule has 1 N–H and O–H groups in total. The van der Waals surface area contributed by atoms with Gasteiger partial charge in [-0.15, -0.1) is 0 Å². The van der Waals surface area contributed by atoms with Crippen LogP contribution in [0.25, 0.3) is 0 Å². The molecule has 1 fully saturated rings. The fourth-order valence-electron chi connectivity index (χ4n) is 3.78. The monoisotopic (exact) mass is 402 g/mol. The second kappa shape index (κ2) is 8.90. The minimum atomic E-state index is 0.159. The van der Waals surface area contributed by atoms with Crippen LogP contribution in [0.4, 0.5) is 0 Å². The number of aromatic amines is 1.